The minimum atomic E-state index is -2.84. The van der Waals surface area contributed by atoms with E-state index in [-0.39, 0.29) is 42.2 Å². The average molecular weight is 530 g/mol. The van der Waals surface area contributed by atoms with Crippen molar-refractivity contribution >= 4 is 41.5 Å². The van der Waals surface area contributed by atoms with E-state index in [1.807, 2.05) is 36.2 Å². The normalized spacial score (nSPS) is 13.0. The molecule has 3 rings (SSSR count). The maximum absolute atomic E-state index is 12.6. The van der Waals surface area contributed by atoms with Crippen molar-refractivity contribution in [3.63, 3.8) is 0 Å². The van der Waals surface area contributed by atoms with Crippen LogP contribution in [0.25, 0.3) is 0 Å². The number of alkyl halides is 2. The highest BCUT2D eigenvalue weighted by atomic mass is 127. The van der Waals surface area contributed by atoms with E-state index < -0.39 is 6.61 Å². The van der Waals surface area contributed by atoms with Gasteiger partial charge < -0.3 is 19.9 Å². The van der Waals surface area contributed by atoms with E-state index in [0.717, 1.165) is 17.7 Å². The van der Waals surface area contributed by atoms with E-state index >= 15 is 0 Å². The number of guanidine groups is 1. The van der Waals surface area contributed by atoms with E-state index in [9.17, 15) is 13.6 Å². The van der Waals surface area contributed by atoms with Crippen LogP contribution in [-0.2, 0) is 17.8 Å². The number of benzene rings is 2. The number of para-hydroxylation sites is 1. The van der Waals surface area contributed by atoms with Gasteiger partial charge >= 0.3 is 6.61 Å². The molecule has 1 N–H and O–H groups in total. The fraction of sp³-hybridized carbons (Fsp3) is 0.333. The third-order valence-electron chi connectivity index (χ3n) is 4.73. The van der Waals surface area contributed by atoms with Gasteiger partial charge in [-0.25, -0.2) is 0 Å². The molecule has 1 aliphatic rings. The molecular formula is C21H25F2IN4O2. The van der Waals surface area contributed by atoms with Crippen LogP contribution >= 0.6 is 24.0 Å². The van der Waals surface area contributed by atoms with Crippen LogP contribution in [0.1, 0.15) is 11.1 Å². The molecule has 1 heterocycles. The monoisotopic (exact) mass is 530 g/mol. The summed E-state index contributed by atoms with van der Waals surface area (Å²) in [5, 5.41) is 3.10. The van der Waals surface area contributed by atoms with E-state index in [1.54, 1.807) is 24.1 Å². The molecule has 0 saturated heterocycles. The molecule has 162 valence electrons. The van der Waals surface area contributed by atoms with Gasteiger partial charge in [-0.1, -0.05) is 30.3 Å². The summed E-state index contributed by atoms with van der Waals surface area (Å²) in [6.45, 7) is -1.53. The minimum Gasteiger partial charge on any atom is -0.435 e. The summed E-state index contributed by atoms with van der Waals surface area (Å²) in [5.74, 6) is 0.669. The molecule has 0 spiro atoms. The zero-order valence-electron chi connectivity index (χ0n) is 16.8. The predicted molar refractivity (Wildman–Crippen MR) is 124 cm³/mol. The zero-order chi connectivity index (χ0) is 20.8. The molecule has 0 radical (unpaired) electrons. The first kappa shape index (κ1) is 23.8. The van der Waals surface area contributed by atoms with Crippen LogP contribution in [0.5, 0.6) is 5.75 Å². The average Bonchev–Trinajstić information content (AvgIpc) is 3.13. The van der Waals surface area contributed by atoms with Gasteiger partial charge in [-0.05, 0) is 35.7 Å². The molecular weight excluding hydrogens is 505 g/mol. The Morgan fingerprint density at radius 1 is 1.23 bits per heavy atom. The Morgan fingerprint density at radius 2 is 1.93 bits per heavy atom. The Hall–Kier alpha value is -2.43. The number of rotatable bonds is 6. The van der Waals surface area contributed by atoms with Crippen LogP contribution < -0.4 is 15.0 Å². The third kappa shape index (κ3) is 6.04. The topological polar surface area (TPSA) is 57.2 Å². The minimum absolute atomic E-state index is 0. The molecule has 30 heavy (non-hydrogen) atoms. The number of aliphatic imine (C=N–C) groups is 1. The number of fused-ring (bicyclic) bond motifs is 1. The number of ether oxygens (including phenoxy) is 1. The first-order chi connectivity index (χ1) is 14.0. The molecule has 9 heteroatoms. The number of amides is 1. The smallest absolute Gasteiger partial charge is 0.387 e. The largest absolute Gasteiger partial charge is 0.435 e. The molecule has 0 fully saturated rings. The lowest BCUT2D eigenvalue weighted by molar-refractivity contribution is -0.117. The number of hydrogen-bond donors (Lipinski definition) is 1. The van der Waals surface area contributed by atoms with E-state index in [0.29, 0.717) is 19.0 Å². The van der Waals surface area contributed by atoms with Crippen molar-refractivity contribution in [3.8, 4) is 5.75 Å². The zero-order valence-corrected chi connectivity index (χ0v) is 19.2. The molecule has 0 unspecified atom stereocenters. The maximum atomic E-state index is 12.6. The number of halogens is 3. The van der Waals surface area contributed by atoms with Crippen molar-refractivity contribution in [1.82, 2.24) is 10.2 Å². The van der Waals surface area contributed by atoms with Crippen molar-refractivity contribution in [1.29, 1.82) is 0 Å². The maximum Gasteiger partial charge on any atom is 0.387 e. The third-order valence-corrected chi connectivity index (χ3v) is 4.73. The number of nitrogens with zero attached hydrogens (tertiary/aromatic N) is 3. The molecule has 1 amide bonds. The van der Waals surface area contributed by atoms with Gasteiger partial charge in [0, 0.05) is 32.9 Å². The Balaban J connectivity index is 0.00000320. The van der Waals surface area contributed by atoms with Crippen molar-refractivity contribution in [3.05, 3.63) is 59.7 Å². The molecule has 1 aliphatic heterocycles. The molecule has 0 saturated carbocycles. The van der Waals surface area contributed by atoms with Gasteiger partial charge in [-0.15, -0.1) is 24.0 Å². The van der Waals surface area contributed by atoms with Crippen LogP contribution in [0.2, 0.25) is 0 Å². The van der Waals surface area contributed by atoms with Crippen LogP contribution in [0, 0.1) is 0 Å². The molecule has 0 atom stereocenters. The summed E-state index contributed by atoms with van der Waals surface area (Å²) in [7, 11) is 3.49. The van der Waals surface area contributed by atoms with Crippen LogP contribution in [0.4, 0.5) is 14.5 Å². The second-order valence-corrected chi connectivity index (χ2v) is 6.70. The number of nitrogens with one attached hydrogen (secondary N) is 1. The SMILES string of the molecule is CN=C(NCC(=O)N1CCc2ccccc21)N(C)Cc1ccc(OC(F)F)cc1.I. The lowest BCUT2D eigenvalue weighted by Gasteiger charge is -2.24. The fourth-order valence-electron chi connectivity index (χ4n) is 3.36. The number of anilines is 1. The standard InChI is InChI=1S/C21H24F2N4O2.HI/c1-24-21(26(2)14-15-7-9-17(10-8-15)29-20(22)23)25-13-19(28)27-12-11-16-5-3-4-6-18(16)27;/h3-10,20H,11-14H2,1-2H3,(H,24,25);1H. The molecule has 0 aromatic heterocycles. The van der Waals surface area contributed by atoms with Crippen LogP contribution in [0.3, 0.4) is 0 Å². The highest BCUT2D eigenvalue weighted by molar-refractivity contribution is 14.0. The summed E-state index contributed by atoms with van der Waals surface area (Å²) in [4.78, 5) is 20.5. The quantitative estimate of drug-likeness (QED) is 0.353. The van der Waals surface area contributed by atoms with Crippen LogP contribution in [0.15, 0.2) is 53.5 Å². The predicted octanol–water partition coefficient (Wildman–Crippen LogP) is 3.50. The van der Waals surface area contributed by atoms with E-state index in [1.165, 1.54) is 17.7 Å². The molecule has 2 aromatic rings. The molecule has 0 bridgehead atoms. The molecule has 2 aromatic carbocycles. The van der Waals surface area contributed by atoms with Crippen LogP contribution in [-0.4, -0.2) is 50.6 Å². The Morgan fingerprint density at radius 3 is 2.60 bits per heavy atom. The Labute approximate surface area is 191 Å². The summed E-state index contributed by atoms with van der Waals surface area (Å²) >= 11 is 0. The fourth-order valence-corrected chi connectivity index (χ4v) is 3.36. The second kappa shape index (κ2) is 11.1. The first-order valence-corrected chi connectivity index (χ1v) is 9.31. The van der Waals surface area contributed by atoms with Gasteiger partial charge in [0.25, 0.3) is 0 Å². The highest BCUT2D eigenvalue weighted by Gasteiger charge is 2.24. The van der Waals surface area contributed by atoms with E-state index in [2.05, 4.69) is 15.0 Å². The van der Waals surface area contributed by atoms with Gasteiger partial charge in [0.05, 0.1) is 6.54 Å². The van der Waals surface area contributed by atoms with Gasteiger partial charge in [-0.3, -0.25) is 9.79 Å². The summed E-state index contributed by atoms with van der Waals surface area (Å²) in [6, 6.07) is 14.3. The lowest BCUT2D eigenvalue weighted by atomic mass is 10.2. The van der Waals surface area contributed by atoms with E-state index in [4.69, 9.17) is 0 Å². The first-order valence-electron chi connectivity index (χ1n) is 9.31. The molecule has 0 aliphatic carbocycles. The second-order valence-electron chi connectivity index (χ2n) is 6.70. The number of carbonyl (C=O) groups excluding carboxylic acids is 1. The number of carbonyl (C=O) groups is 1. The molecule has 6 nitrogen and oxygen atoms in total. The highest BCUT2D eigenvalue weighted by Crippen LogP contribution is 2.27. The Bertz CT molecular complexity index is 878. The van der Waals surface area contributed by atoms with Gasteiger partial charge in [0.2, 0.25) is 5.91 Å². The van der Waals surface area contributed by atoms with Crippen molar-refractivity contribution in [2.24, 2.45) is 4.99 Å². The summed E-state index contributed by atoms with van der Waals surface area (Å²) in [5.41, 5.74) is 3.05. The summed E-state index contributed by atoms with van der Waals surface area (Å²) in [6.07, 6.45) is 0.863. The summed E-state index contributed by atoms with van der Waals surface area (Å²) < 4.78 is 28.8. The Kier molecular flexibility index (Phi) is 8.82. The van der Waals surface area contributed by atoms with Crippen molar-refractivity contribution in [2.45, 2.75) is 19.6 Å². The van der Waals surface area contributed by atoms with Gasteiger partial charge in [0.15, 0.2) is 5.96 Å². The lowest BCUT2D eigenvalue weighted by Crippen LogP contribution is -2.44. The van der Waals surface area contributed by atoms with Crippen molar-refractivity contribution < 1.29 is 18.3 Å². The van der Waals surface area contributed by atoms with Crippen molar-refractivity contribution in [2.75, 3.05) is 32.1 Å². The van der Waals surface area contributed by atoms with Gasteiger partial charge in [0.1, 0.15) is 5.75 Å². The number of hydrogen-bond acceptors (Lipinski definition) is 3. The van der Waals surface area contributed by atoms with Gasteiger partial charge in [-0.2, -0.15) is 8.78 Å².